The van der Waals surface area contributed by atoms with Crippen LogP contribution in [0.3, 0.4) is 0 Å². The smallest absolute Gasteiger partial charge is 0.272 e. The van der Waals surface area contributed by atoms with Gasteiger partial charge in [0.05, 0.1) is 0 Å². The van der Waals surface area contributed by atoms with Crippen LogP contribution in [0.5, 0.6) is 0 Å². The number of hydrogen-bond acceptors (Lipinski definition) is 4. The Morgan fingerprint density at radius 2 is 1.83 bits per heavy atom. The Labute approximate surface area is 142 Å². The largest absolute Gasteiger partial charge is 0.337 e. The van der Waals surface area contributed by atoms with Gasteiger partial charge in [-0.15, -0.1) is 0 Å². The molecule has 2 aliphatic heterocycles. The van der Waals surface area contributed by atoms with E-state index in [0.717, 1.165) is 56.7 Å². The van der Waals surface area contributed by atoms with Gasteiger partial charge in [-0.1, -0.05) is 18.2 Å². The van der Waals surface area contributed by atoms with Gasteiger partial charge in [0.15, 0.2) is 0 Å². The van der Waals surface area contributed by atoms with Gasteiger partial charge in [-0.2, -0.15) is 0 Å². The van der Waals surface area contributed by atoms with Crippen molar-refractivity contribution in [3.63, 3.8) is 0 Å². The van der Waals surface area contributed by atoms with Crippen molar-refractivity contribution in [2.24, 2.45) is 0 Å². The molecule has 1 amide bonds. The van der Waals surface area contributed by atoms with Crippen LogP contribution in [0.1, 0.15) is 41.0 Å². The molecule has 5 heteroatoms. The van der Waals surface area contributed by atoms with Crippen molar-refractivity contribution < 1.29 is 4.79 Å². The third kappa shape index (κ3) is 2.75. The van der Waals surface area contributed by atoms with Gasteiger partial charge in [-0.05, 0) is 50.3 Å². The van der Waals surface area contributed by atoms with E-state index in [1.807, 2.05) is 17.9 Å². The number of benzene rings is 1. The summed E-state index contributed by atoms with van der Waals surface area (Å²) in [5.41, 5.74) is 3.84. The van der Waals surface area contributed by atoms with Crippen molar-refractivity contribution >= 4 is 17.5 Å². The van der Waals surface area contributed by atoms with Gasteiger partial charge in [-0.3, -0.25) is 4.79 Å². The minimum Gasteiger partial charge on any atom is -0.337 e. The van der Waals surface area contributed by atoms with E-state index in [1.165, 1.54) is 5.56 Å². The number of nitrogens with zero attached hydrogens (tertiary/aromatic N) is 4. The Morgan fingerprint density at radius 3 is 2.67 bits per heavy atom. The van der Waals surface area contributed by atoms with E-state index in [1.54, 1.807) is 6.07 Å². The standard InChI is InChI=1S/C19H22N4O/c1-14-13-16(18(24)22-10-4-5-11-22)21-19(20-14)23-12-6-8-15-7-2-3-9-17(15)23/h2-3,7,9,13H,4-6,8,10-12H2,1H3. The molecule has 3 heterocycles. The van der Waals surface area contributed by atoms with E-state index in [-0.39, 0.29) is 5.91 Å². The molecule has 0 bridgehead atoms. The molecule has 1 aromatic heterocycles. The van der Waals surface area contributed by atoms with E-state index in [2.05, 4.69) is 33.1 Å². The summed E-state index contributed by atoms with van der Waals surface area (Å²) in [6, 6.07) is 10.2. The third-order valence-corrected chi connectivity index (χ3v) is 4.81. The van der Waals surface area contributed by atoms with Crippen LogP contribution in [0, 0.1) is 6.92 Å². The second-order valence-corrected chi connectivity index (χ2v) is 6.58. The van der Waals surface area contributed by atoms with Crippen molar-refractivity contribution in [3.8, 4) is 0 Å². The maximum atomic E-state index is 12.7. The zero-order valence-electron chi connectivity index (χ0n) is 14.0. The number of rotatable bonds is 2. The van der Waals surface area contributed by atoms with Crippen LogP contribution in [0.2, 0.25) is 0 Å². The highest BCUT2D eigenvalue weighted by molar-refractivity contribution is 5.93. The molecule has 0 aliphatic carbocycles. The second-order valence-electron chi connectivity index (χ2n) is 6.58. The molecule has 0 spiro atoms. The van der Waals surface area contributed by atoms with Gasteiger partial charge in [0.1, 0.15) is 5.69 Å². The van der Waals surface area contributed by atoms with Gasteiger partial charge in [0.2, 0.25) is 5.95 Å². The molecular weight excluding hydrogens is 300 g/mol. The predicted octanol–water partition coefficient (Wildman–Crippen LogP) is 3.11. The minimum atomic E-state index is 0.0320. The molecule has 1 saturated heterocycles. The number of hydrogen-bond donors (Lipinski definition) is 0. The van der Waals surface area contributed by atoms with Gasteiger partial charge in [-0.25, -0.2) is 9.97 Å². The normalized spacial score (nSPS) is 17.0. The summed E-state index contributed by atoms with van der Waals surface area (Å²) < 4.78 is 0. The maximum absolute atomic E-state index is 12.7. The SMILES string of the molecule is Cc1cc(C(=O)N2CCCC2)nc(N2CCCc3ccccc32)n1. The maximum Gasteiger partial charge on any atom is 0.272 e. The number of carbonyl (C=O) groups is 1. The number of amides is 1. The molecule has 4 rings (SSSR count). The topological polar surface area (TPSA) is 49.3 Å². The first-order valence-electron chi connectivity index (χ1n) is 8.73. The van der Waals surface area contributed by atoms with E-state index in [9.17, 15) is 4.79 Å². The minimum absolute atomic E-state index is 0.0320. The van der Waals surface area contributed by atoms with Gasteiger partial charge in [0, 0.05) is 31.0 Å². The molecule has 0 atom stereocenters. The summed E-state index contributed by atoms with van der Waals surface area (Å²) in [5, 5.41) is 0. The van der Waals surface area contributed by atoms with Gasteiger partial charge < -0.3 is 9.80 Å². The second kappa shape index (κ2) is 6.23. The Bertz CT molecular complexity index is 768. The Balaban J connectivity index is 1.70. The van der Waals surface area contributed by atoms with Crippen LogP contribution in [-0.2, 0) is 6.42 Å². The first-order chi connectivity index (χ1) is 11.7. The Kier molecular flexibility index (Phi) is 3.92. The highest BCUT2D eigenvalue weighted by Crippen LogP contribution is 2.31. The molecule has 2 aromatic rings. The molecule has 0 radical (unpaired) electrons. The van der Waals surface area contributed by atoms with Crippen LogP contribution in [0.4, 0.5) is 11.6 Å². The van der Waals surface area contributed by atoms with Crippen molar-refractivity contribution in [2.75, 3.05) is 24.5 Å². The Hall–Kier alpha value is -2.43. The fourth-order valence-corrected chi connectivity index (χ4v) is 3.61. The van der Waals surface area contributed by atoms with Crippen molar-refractivity contribution in [3.05, 3.63) is 47.3 Å². The van der Waals surface area contributed by atoms with Crippen molar-refractivity contribution in [1.29, 1.82) is 0 Å². The quantitative estimate of drug-likeness (QED) is 0.852. The van der Waals surface area contributed by atoms with Crippen molar-refractivity contribution in [2.45, 2.75) is 32.6 Å². The first-order valence-corrected chi connectivity index (χ1v) is 8.73. The summed E-state index contributed by atoms with van der Waals surface area (Å²) in [5.74, 6) is 0.675. The van der Waals surface area contributed by atoms with Gasteiger partial charge >= 0.3 is 0 Å². The number of fused-ring (bicyclic) bond motifs is 1. The number of aromatic nitrogens is 2. The van der Waals surface area contributed by atoms with E-state index >= 15 is 0 Å². The van der Waals surface area contributed by atoms with Crippen LogP contribution in [-0.4, -0.2) is 40.4 Å². The highest BCUT2D eigenvalue weighted by atomic mass is 16.2. The highest BCUT2D eigenvalue weighted by Gasteiger charge is 2.24. The number of likely N-dealkylation sites (tertiary alicyclic amines) is 1. The van der Waals surface area contributed by atoms with E-state index in [4.69, 9.17) is 0 Å². The predicted molar refractivity (Wildman–Crippen MR) is 93.7 cm³/mol. The molecule has 1 fully saturated rings. The van der Waals surface area contributed by atoms with Crippen LogP contribution in [0.15, 0.2) is 30.3 Å². The summed E-state index contributed by atoms with van der Waals surface area (Å²) in [7, 11) is 0. The molecule has 1 aromatic carbocycles. The molecular formula is C19H22N4O. The lowest BCUT2D eigenvalue weighted by Crippen LogP contribution is -2.30. The summed E-state index contributed by atoms with van der Waals surface area (Å²) in [4.78, 5) is 26.0. The average Bonchev–Trinajstić information content (AvgIpc) is 3.14. The van der Waals surface area contributed by atoms with Crippen molar-refractivity contribution in [1.82, 2.24) is 14.9 Å². The summed E-state index contributed by atoms with van der Waals surface area (Å²) >= 11 is 0. The van der Waals surface area contributed by atoms with Crippen LogP contribution < -0.4 is 4.90 Å². The molecule has 5 nitrogen and oxygen atoms in total. The molecule has 2 aliphatic rings. The molecule has 124 valence electrons. The molecule has 0 N–H and O–H groups in total. The van der Waals surface area contributed by atoms with E-state index in [0.29, 0.717) is 11.6 Å². The number of aryl methyl sites for hydroxylation is 2. The average molecular weight is 322 g/mol. The number of carbonyl (C=O) groups excluding carboxylic acids is 1. The lowest BCUT2D eigenvalue weighted by Gasteiger charge is -2.29. The third-order valence-electron chi connectivity index (χ3n) is 4.81. The summed E-state index contributed by atoms with van der Waals surface area (Å²) in [6.07, 6.45) is 4.33. The summed E-state index contributed by atoms with van der Waals surface area (Å²) in [6.45, 7) is 4.49. The van der Waals surface area contributed by atoms with Crippen LogP contribution in [0.25, 0.3) is 0 Å². The lowest BCUT2D eigenvalue weighted by atomic mass is 10.0. The number of para-hydroxylation sites is 1. The molecule has 24 heavy (non-hydrogen) atoms. The Morgan fingerprint density at radius 1 is 1.04 bits per heavy atom. The number of anilines is 2. The lowest BCUT2D eigenvalue weighted by molar-refractivity contribution is 0.0787. The first kappa shape index (κ1) is 15.1. The fourth-order valence-electron chi connectivity index (χ4n) is 3.61. The molecule has 0 saturated carbocycles. The monoisotopic (exact) mass is 322 g/mol. The zero-order valence-corrected chi connectivity index (χ0v) is 14.0. The molecule has 0 unspecified atom stereocenters. The van der Waals surface area contributed by atoms with Crippen LogP contribution >= 0.6 is 0 Å². The zero-order chi connectivity index (χ0) is 16.5. The van der Waals surface area contributed by atoms with Gasteiger partial charge in [0.25, 0.3) is 5.91 Å². The van der Waals surface area contributed by atoms with E-state index < -0.39 is 0 Å². The fraction of sp³-hybridized carbons (Fsp3) is 0.421.